The van der Waals surface area contributed by atoms with Crippen LogP contribution in [0.2, 0.25) is 0 Å². The molecule has 0 N–H and O–H groups in total. The molecule has 1 aromatic carbocycles. The first-order valence-corrected chi connectivity index (χ1v) is 5.73. The second kappa shape index (κ2) is 4.11. The topological polar surface area (TPSA) is 12.9 Å². The van der Waals surface area contributed by atoms with Gasteiger partial charge in [-0.3, -0.25) is 0 Å². The Morgan fingerprint density at radius 2 is 2.20 bits per heavy atom. The SMILES string of the molecule is CCc1ccc(-c2cnc(C)s2)cc1F. The third kappa shape index (κ3) is 2.07. The number of aryl methyl sites for hydroxylation is 2. The number of hydrogen-bond donors (Lipinski definition) is 0. The highest BCUT2D eigenvalue weighted by molar-refractivity contribution is 7.15. The molecule has 1 nitrogen and oxygen atoms in total. The number of halogens is 1. The molecule has 3 heteroatoms. The average molecular weight is 221 g/mol. The van der Waals surface area contributed by atoms with Gasteiger partial charge in [0.1, 0.15) is 5.82 Å². The van der Waals surface area contributed by atoms with Crippen LogP contribution in [0.5, 0.6) is 0 Å². The van der Waals surface area contributed by atoms with Gasteiger partial charge in [-0.05, 0) is 30.5 Å². The first-order valence-electron chi connectivity index (χ1n) is 4.92. The molecule has 0 amide bonds. The molecule has 78 valence electrons. The van der Waals surface area contributed by atoms with Crippen molar-refractivity contribution in [2.24, 2.45) is 0 Å². The molecule has 0 saturated carbocycles. The largest absolute Gasteiger partial charge is 0.249 e. The van der Waals surface area contributed by atoms with Gasteiger partial charge in [0.05, 0.1) is 9.88 Å². The molecular weight excluding hydrogens is 209 g/mol. The predicted octanol–water partition coefficient (Wildman–Crippen LogP) is 3.82. The quantitative estimate of drug-likeness (QED) is 0.751. The van der Waals surface area contributed by atoms with E-state index in [1.165, 1.54) is 0 Å². The zero-order valence-electron chi connectivity index (χ0n) is 8.75. The van der Waals surface area contributed by atoms with Gasteiger partial charge in [0.2, 0.25) is 0 Å². The highest BCUT2D eigenvalue weighted by atomic mass is 32.1. The van der Waals surface area contributed by atoms with Gasteiger partial charge in [0, 0.05) is 6.20 Å². The Kier molecular flexibility index (Phi) is 2.82. The van der Waals surface area contributed by atoms with Gasteiger partial charge < -0.3 is 0 Å². The molecule has 0 radical (unpaired) electrons. The minimum Gasteiger partial charge on any atom is -0.249 e. The maximum atomic E-state index is 13.5. The molecule has 1 heterocycles. The Morgan fingerprint density at radius 1 is 1.40 bits per heavy atom. The molecule has 15 heavy (non-hydrogen) atoms. The van der Waals surface area contributed by atoms with Crippen LogP contribution in [0, 0.1) is 12.7 Å². The summed E-state index contributed by atoms with van der Waals surface area (Å²) in [4.78, 5) is 5.18. The second-order valence-corrected chi connectivity index (χ2v) is 4.64. The highest BCUT2D eigenvalue weighted by Gasteiger charge is 2.05. The smallest absolute Gasteiger partial charge is 0.127 e. The van der Waals surface area contributed by atoms with E-state index >= 15 is 0 Å². The van der Waals surface area contributed by atoms with Gasteiger partial charge in [0.25, 0.3) is 0 Å². The van der Waals surface area contributed by atoms with Gasteiger partial charge in [-0.1, -0.05) is 19.1 Å². The molecule has 0 aliphatic carbocycles. The summed E-state index contributed by atoms with van der Waals surface area (Å²) >= 11 is 1.59. The van der Waals surface area contributed by atoms with Crippen molar-refractivity contribution in [1.82, 2.24) is 4.98 Å². The van der Waals surface area contributed by atoms with E-state index in [-0.39, 0.29) is 5.82 Å². The maximum absolute atomic E-state index is 13.5. The van der Waals surface area contributed by atoms with Gasteiger partial charge in [-0.2, -0.15) is 0 Å². The van der Waals surface area contributed by atoms with Crippen molar-refractivity contribution >= 4 is 11.3 Å². The van der Waals surface area contributed by atoms with E-state index in [0.717, 1.165) is 27.4 Å². The standard InChI is InChI=1S/C12H12FNS/c1-3-9-4-5-10(6-11(9)13)12-7-14-8(2)15-12/h4-7H,3H2,1-2H3. The van der Waals surface area contributed by atoms with E-state index in [1.807, 2.05) is 26.0 Å². The fourth-order valence-electron chi connectivity index (χ4n) is 1.48. The van der Waals surface area contributed by atoms with Crippen LogP contribution in [0.4, 0.5) is 4.39 Å². The lowest BCUT2D eigenvalue weighted by Gasteiger charge is -2.01. The van der Waals surface area contributed by atoms with Crippen LogP contribution in [0.15, 0.2) is 24.4 Å². The molecule has 0 bridgehead atoms. The third-order valence-electron chi connectivity index (χ3n) is 2.34. The summed E-state index contributed by atoms with van der Waals surface area (Å²) in [5, 5.41) is 1.00. The van der Waals surface area contributed by atoms with Crippen molar-refractivity contribution in [3.8, 4) is 10.4 Å². The van der Waals surface area contributed by atoms with Crippen molar-refractivity contribution in [1.29, 1.82) is 0 Å². The van der Waals surface area contributed by atoms with Crippen LogP contribution >= 0.6 is 11.3 Å². The van der Waals surface area contributed by atoms with Crippen molar-refractivity contribution < 1.29 is 4.39 Å². The Bertz CT molecular complexity index is 476. The van der Waals surface area contributed by atoms with E-state index in [1.54, 1.807) is 23.6 Å². The Labute approximate surface area is 92.6 Å². The molecule has 0 aliphatic heterocycles. The van der Waals surface area contributed by atoms with Crippen LogP contribution in [0.1, 0.15) is 17.5 Å². The van der Waals surface area contributed by atoms with Crippen molar-refractivity contribution in [2.75, 3.05) is 0 Å². The maximum Gasteiger partial charge on any atom is 0.127 e. The van der Waals surface area contributed by atoms with Crippen LogP contribution in [-0.2, 0) is 6.42 Å². The molecule has 2 aromatic rings. The summed E-state index contributed by atoms with van der Waals surface area (Å²) in [5.41, 5.74) is 1.68. The minimum atomic E-state index is -0.124. The molecule has 0 saturated heterocycles. The van der Waals surface area contributed by atoms with E-state index in [2.05, 4.69) is 4.98 Å². The van der Waals surface area contributed by atoms with Crippen LogP contribution < -0.4 is 0 Å². The lowest BCUT2D eigenvalue weighted by molar-refractivity contribution is 0.613. The van der Waals surface area contributed by atoms with Crippen LogP contribution in [0.25, 0.3) is 10.4 Å². The van der Waals surface area contributed by atoms with Crippen LogP contribution in [0.3, 0.4) is 0 Å². The summed E-state index contributed by atoms with van der Waals surface area (Å²) in [7, 11) is 0. The summed E-state index contributed by atoms with van der Waals surface area (Å²) in [5.74, 6) is -0.124. The fourth-order valence-corrected chi connectivity index (χ4v) is 2.26. The zero-order chi connectivity index (χ0) is 10.8. The summed E-state index contributed by atoms with van der Waals surface area (Å²) in [6.07, 6.45) is 2.52. The molecule has 0 spiro atoms. The minimum absolute atomic E-state index is 0.124. The lowest BCUT2D eigenvalue weighted by atomic mass is 10.1. The molecule has 0 atom stereocenters. The summed E-state index contributed by atoms with van der Waals surface area (Å²) < 4.78 is 13.5. The number of nitrogens with zero attached hydrogens (tertiary/aromatic N) is 1. The van der Waals surface area contributed by atoms with Crippen molar-refractivity contribution in [3.63, 3.8) is 0 Å². The molecule has 0 aliphatic rings. The van der Waals surface area contributed by atoms with Gasteiger partial charge in [-0.25, -0.2) is 9.37 Å². The van der Waals surface area contributed by atoms with Crippen molar-refractivity contribution in [3.05, 3.63) is 40.8 Å². The van der Waals surface area contributed by atoms with E-state index < -0.39 is 0 Å². The molecule has 1 aromatic heterocycles. The summed E-state index contributed by atoms with van der Waals surface area (Å²) in [6.45, 7) is 3.90. The number of thiazole rings is 1. The normalized spacial score (nSPS) is 10.6. The Hall–Kier alpha value is -1.22. The molecule has 0 unspecified atom stereocenters. The number of benzene rings is 1. The zero-order valence-corrected chi connectivity index (χ0v) is 9.57. The molecular formula is C12H12FNS. The first-order chi connectivity index (χ1) is 7.20. The van der Waals surface area contributed by atoms with E-state index in [4.69, 9.17) is 0 Å². The molecule has 2 rings (SSSR count). The lowest BCUT2D eigenvalue weighted by Crippen LogP contribution is -1.87. The fraction of sp³-hybridized carbons (Fsp3) is 0.250. The number of rotatable bonds is 2. The highest BCUT2D eigenvalue weighted by Crippen LogP contribution is 2.27. The van der Waals surface area contributed by atoms with E-state index in [0.29, 0.717) is 0 Å². The first kappa shape index (κ1) is 10.3. The van der Waals surface area contributed by atoms with Crippen molar-refractivity contribution in [2.45, 2.75) is 20.3 Å². The second-order valence-electron chi connectivity index (χ2n) is 3.40. The van der Waals surface area contributed by atoms with Gasteiger partial charge in [0.15, 0.2) is 0 Å². The van der Waals surface area contributed by atoms with Gasteiger partial charge >= 0.3 is 0 Å². The molecule has 0 fully saturated rings. The van der Waals surface area contributed by atoms with Gasteiger partial charge in [-0.15, -0.1) is 11.3 Å². The monoisotopic (exact) mass is 221 g/mol. The number of aromatic nitrogens is 1. The van der Waals surface area contributed by atoms with Crippen LogP contribution in [-0.4, -0.2) is 4.98 Å². The third-order valence-corrected chi connectivity index (χ3v) is 3.30. The Balaban J connectivity index is 2.42. The number of hydrogen-bond acceptors (Lipinski definition) is 2. The summed E-state index contributed by atoms with van der Waals surface area (Å²) in [6, 6.07) is 5.39. The predicted molar refractivity (Wildman–Crippen MR) is 61.6 cm³/mol. The average Bonchev–Trinajstić information content (AvgIpc) is 2.65. The van der Waals surface area contributed by atoms with E-state index in [9.17, 15) is 4.39 Å². The Morgan fingerprint density at radius 3 is 2.73 bits per heavy atom.